The molecule has 3 aromatic rings. The lowest BCUT2D eigenvalue weighted by Gasteiger charge is -2.37. The van der Waals surface area contributed by atoms with Gasteiger partial charge in [0, 0.05) is 48.5 Å². The van der Waals surface area contributed by atoms with Gasteiger partial charge in [0.25, 0.3) is 0 Å². The van der Waals surface area contributed by atoms with Crippen LogP contribution >= 0.6 is 0 Å². The van der Waals surface area contributed by atoms with Crippen molar-refractivity contribution in [1.82, 2.24) is 4.90 Å². The Labute approximate surface area is 221 Å². The molecule has 0 radical (unpaired) electrons. The number of alkyl halides is 1. The van der Waals surface area contributed by atoms with Crippen molar-refractivity contribution in [1.29, 1.82) is 0 Å². The molecule has 0 unspecified atom stereocenters. The Morgan fingerprint density at radius 2 is 1.79 bits per heavy atom. The number of hydrogen-bond acceptors (Lipinski definition) is 6. The fraction of sp³-hybridized carbons (Fsp3) is 0.310. The maximum Gasteiger partial charge on any atom is 0.175 e. The van der Waals surface area contributed by atoms with Crippen molar-refractivity contribution in [3.63, 3.8) is 0 Å². The summed E-state index contributed by atoms with van der Waals surface area (Å²) in [4.78, 5) is 2.14. The minimum absolute atomic E-state index is 0.00144. The molecule has 2 aliphatic rings. The number of phenols is 1. The number of hydrogen-bond donors (Lipinski definition) is 1. The number of benzene rings is 3. The van der Waals surface area contributed by atoms with Crippen molar-refractivity contribution in [2.45, 2.75) is 17.9 Å². The zero-order valence-corrected chi connectivity index (χ0v) is 22.0. The first-order valence-electron chi connectivity index (χ1n) is 12.4. The quantitative estimate of drug-likeness (QED) is 0.391. The van der Waals surface area contributed by atoms with Crippen LogP contribution < -0.4 is 9.47 Å². The Hall–Kier alpha value is -3.43. The van der Waals surface area contributed by atoms with E-state index in [1.54, 1.807) is 19.1 Å². The van der Waals surface area contributed by atoms with Gasteiger partial charge in [0.1, 0.15) is 35.8 Å². The van der Waals surface area contributed by atoms with Crippen molar-refractivity contribution >= 4 is 21.0 Å². The topological polar surface area (TPSA) is 76.1 Å². The number of halogens is 2. The second-order valence-corrected chi connectivity index (χ2v) is 11.8. The van der Waals surface area contributed by atoms with E-state index in [1.165, 1.54) is 18.2 Å². The summed E-state index contributed by atoms with van der Waals surface area (Å²) in [5.74, 6) is 0.771. The second kappa shape index (κ2) is 10.4. The van der Waals surface area contributed by atoms with Gasteiger partial charge < -0.3 is 14.6 Å². The highest BCUT2D eigenvalue weighted by Gasteiger charge is 2.32. The van der Waals surface area contributed by atoms with Gasteiger partial charge in [0.15, 0.2) is 9.84 Å². The molecule has 0 saturated carbocycles. The Balaban J connectivity index is 1.46. The van der Waals surface area contributed by atoms with Crippen molar-refractivity contribution < 1.29 is 31.8 Å². The number of rotatable bonds is 8. The first-order valence-corrected chi connectivity index (χ1v) is 14.2. The summed E-state index contributed by atoms with van der Waals surface area (Å²) in [5, 5.41) is 10.1. The van der Waals surface area contributed by atoms with E-state index >= 15 is 4.39 Å². The highest BCUT2D eigenvalue weighted by atomic mass is 32.2. The molecule has 200 valence electrons. The minimum Gasteiger partial charge on any atom is -0.508 e. The third-order valence-electron chi connectivity index (χ3n) is 7.04. The molecule has 0 bridgehead atoms. The number of likely N-dealkylation sites (tertiary alicyclic amines) is 1. The summed E-state index contributed by atoms with van der Waals surface area (Å²) in [6, 6.07) is 15.7. The van der Waals surface area contributed by atoms with Crippen LogP contribution in [0, 0.1) is 11.7 Å². The van der Waals surface area contributed by atoms with Crippen molar-refractivity contribution in [3.8, 4) is 17.2 Å². The molecule has 9 heteroatoms. The summed E-state index contributed by atoms with van der Waals surface area (Å²) in [7, 11) is -3.58. The smallest absolute Gasteiger partial charge is 0.175 e. The van der Waals surface area contributed by atoms with Crippen LogP contribution in [0.25, 0.3) is 11.1 Å². The molecule has 0 amide bonds. The number of phenolic OH excluding ortho intramolecular Hbond substituents is 1. The molecular formula is C29H29F2NO5S. The van der Waals surface area contributed by atoms with Crippen molar-refractivity contribution in [3.05, 3.63) is 83.2 Å². The van der Waals surface area contributed by atoms with Gasteiger partial charge in [-0.3, -0.25) is 9.29 Å². The standard InChI is InChI=1S/C29H29F2NO5S/c1-18-24-13-21(33)5-10-27(24)37-29(28(18)25-14-23(38(2,34)35)8-9-26(25)31)20-3-6-22(7-4-20)36-12-11-32-16-19(15-30)17-32/h3-10,13-14,19,29,33H,11-12,15-17H2,1-2H3/t29-/m0/s1. The Kier molecular flexibility index (Phi) is 7.15. The Morgan fingerprint density at radius 1 is 1.05 bits per heavy atom. The maximum atomic E-state index is 15.2. The van der Waals surface area contributed by atoms with Crippen LogP contribution in [0.2, 0.25) is 0 Å². The summed E-state index contributed by atoms with van der Waals surface area (Å²) >= 11 is 0. The van der Waals surface area contributed by atoms with Gasteiger partial charge in [0.05, 0.1) is 11.6 Å². The predicted octanol–water partition coefficient (Wildman–Crippen LogP) is 5.28. The molecule has 1 atom stereocenters. The minimum atomic E-state index is -3.58. The SMILES string of the molecule is CC1=C(c2cc(S(C)(=O)=O)ccc2F)[C@H](c2ccc(OCCN3CC(CF)C3)cc2)Oc2ccc(O)cc21. The van der Waals surface area contributed by atoms with Crippen LogP contribution in [0.1, 0.15) is 29.7 Å². The molecule has 1 fully saturated rings. The highest BCUT2D eigenvalue weighted by molar-refractivity contribution is 7.90. The van der Waals surface area contributed by atoms with Gasteiger partial charge in [-0.25, -0.2) is 12.8 Å². The van der Waals surface area contributed by atoms with Gasteiger partial charge in [-0.05, 0) is 66.6 Å². The summed E-state index contributed by atoms with van der Waals surface area (Å²) in [6.07, 6.45) is 0.345. The summed E-state index contributed by atoms with van der Waals surface area (Å²) < 4.78 is 64.5. The first kappa shape index (κ1) is 26.2. The maximum absolute atomic E-state index is 15.2. The van der Waals surface area contributed by atoms with E-state index in [9.17, 15) is 17.9 Å². The Morgan fingerprint density at radius 3 is 2.47 bits per heavy atom. The number of ether oxygens (including phenoxy) is 2. The predicted molar refractivity (Wildman–Crippen MR) is 141 cm³/mol. The van der Waals surface area contributed by atoms with Gasteiger partial charge in [-0.1, -0.05) is 12.1 Å². The first-order chi connectivity index (χ1) is 18.1. The van der Waals surface area contributed by atoms with E-state index in [1.807, 2.05) is 24.3 Å². The molecular weight excluding hydrogens is 512 g/mol. The lowest BCUT2D eigenvalue weighted by atomic mass is 9.86. The summed E-state index contributed by atoms with van der Waals surface area (Å²) in [6.45, 7) is 4.21. The third-order valence-corrected chi connectivity index (χ3v) is 8.15. The average Bonchev–Trinajstić information content (AvgIpc) is 2.86. The largest absolute Gasteiger partial charge is 0.508 e. The molecule has 3 aromatic carbocycles. The van der Waals surface area contributed by atoms with Gasteiger partial charge in [-0.2, -0.15) is 0 Å². The zero-order chi connectivity index (χ0) is 27.0. The van der Waals surface area contributed by atoms with Gasteiger partial charge in [0.2, 0.25) is 0 Å². The van der Waals surface area contributed by atoms with E-state index in [0.717, 1.165) is 37.5 Å². The number of allylic oxidation sites excluding steroid dienone is 1. The lowest BCUT2D eigenvalue weighted by molar-refractivity contribution is 0.0668. The normalized spacial score (nSPS) is 18.1. The molecule has 0 aromatic heterocycles. The highest BCUT2D eigenvalue weighted by Crippen LogP contribution is 2.48. The molecule has 1 N–H and O–H groups in total. The lowest BCUT2D eigenvalue weighted by Crippen LogP contribution is -2.49. The number of sulfone groups is 1. The molecule has 2 aliphatic heterocycles. The van der Waals surface area contributed by atoms with Crippen LogP contribution in [-0.4, -0.2) is 57.6 Å². The van der Waals surface area contributed by atoms with Crippen LogP contribution in [0.3, 0.4) is 0 Å². The van der Waals surface area contributed by atoms with Crippen molar-refractivity contribution in [2.24, 2.45) is 5.92 Å². The van der Waals surface area contributed by atoms with Gasteiger partial charge in [-0.15, -0.1) is 0 Å². The van der Waals surface area contributed by atoms with Crippen LogP contribution in [0.4, 0.5) is 8.78 Å². The number of fused-ring (bicyclic) bond motifs is 1. The number of aromatic hydroxyl groups is 1. The van der Waals surface area contributed by atoms with E-state index in [-0.39, 0.29) is 28.8 Å². The van der Waals surface area contributed by atoms with Crippen LogP contribution in [0.15, 0.2) is 65.6 Å². The molecule has 38 heavy (non-hydrogen) atoms. The van der Waals surface area contributed by atoms with Crippen LogP contribution in [-0.2, 0) is 9.84 Å². The summed E-state index contributed by atoms with van der Waals surface area (Å²) in [5.41, 5.74) is 2.58. The van der Waals surface area contributed by atoms with E-state index in [2.05, 4.69) is 4.90 Å². The molecule has 2 heterocycles. The molecule has 1 saturated heterocycles. The van der Waals surface area contributed by atoms with E-state index in [0.29, 0.717) is 34.8 Å². The van der Waals surface area contributed by atoms with Crippen molar-refractivity contribution in [2.75, 3.05) is 39.2 Å². The fourth-order valence-corrected chi connectivity index (χ4v) is 5.60. The molecule has 5 rings (SSSR count). The van der Waals surface area contributed by atoms with Crippen LogP contribution in [0.5, 0.6) is 17.2 Å². The fourth-order valence-electron chi connectivity index (χ4n) is 4.95. The van der Waals surface area contributed by atoms with Gasteiger partial charge >= 0.3 is 0 Å². The number of nitrogens with zero attached hydrogens (tertiary/aromatic N) is 1. The molecule has 6 nitrogen and oxygen atoms in total. The molecule has 0 aliphatic carbocycles. The van der Waals surface area contributed by atoms with E-state index < -0.39 is 21.8 Å². The third kappa shape index (κ3) is 5.26. The molecule has 0 spiro atoms. The average molecular weight is 542 g/mol. The monoisotopic (exact) mass is 541 g/mol. The Bertz CT molecular complexity index is 1480. The zero-order valence-electron chi connectivity index (χ0n) is 21.2. The second-order valence-electron chi connectivity index (χ2n) is 9.83. The van der Waals surface area contributed by atoms with E-state index in [4.69, 9.17) is 9.47 Å².